The Morgan fingerprint density at radius 3 is 2.84 bits per heavy atom. The molecule has 2 rings (SSSR count). The molecule has 2 unspecified atom stereocenters. The van der Waals surface area contributed by atoms with Gasteiger partial charge in [0.15, 0.2) is 0 Å². The Bertz CT molecular complexity index is 365. The van der Waals surface area contributed by atoms with Gasteiger partial charge in [0.05, 0.1) is 6.61 Å². The molecule has 0 aliphatic carbocycles. The molecule has 0 spiro atoms. The molecule has 19 heavy (non-hydrogen) atoms. The molecule has 1 aliphatic rings. The molecule has 0 amide bonds. The highest BCUT2D eigenvalue weighted by Crippen LogP contribution is 2.25. The van der Waals surface area contributed by atoms with E-state index in [1.807, 2.05) is 11.8 Å². The summed E-state index contributed by atoms with van der Waals surface area (Å²) in [6.07, 6.45) is 2.49. The zero-order chi connectivity index (χ0) is 13.5. The molecule has 1 N–H and O–H groups in total. The fraction of sp³-hybridized carbons (Fsp3) is 0.600. The van der Waals surface area contributed by atoms with Crippen molar-refractivity contribution in [3.05, 3.63) is 28.7 Å². The van der Waals surface area contributed by atoms with Gasteiger partial charge in [-0.1, -0.05) is 22.9 Å². The first kappa shape index (κ1) is 15.4. The van der Waals surface area contributed by atoms with Crippen LogP contribution in [0.3, 0.4) is 0 Å². The van der Waals surface area contributed by atoms with E-state index in [9.17, 15) is 0 Å². The molecule has 2 atom stereocenters. The van der Waals surface area contributed by atoms with Crippen LogP contribution in [0.15, 0.2) is 33.6 Å². The average Bonchev–Trinajstić information content (AvgIpc) is 2.46. The van der Waals surface area contributed by atoms with Gasteiger partial charge in [-0.05, 0) is 49.6 Å². The van der Waals surface area contributed by atoms with Gasteiger partial charge in [0.1, 0.15) is 0 Å². The molecular weight excluding hydrogens is 322 g/mol. The second kappa shape index (κ2) is 8.30. The Morgan fingerprint density at radius 2 is 2.21 bits per heavy atom. The molecule has 1 aromatic carbocycles. The Labute approximate surface area is 128 Å². The van der Waals surface area contributed by atoms with Crippen molar-refractivity contribution in [2.75, 3.05) is 25.5 Å². The second-order valence-corrected chi connectivity index (χ2v) is 6.92. The van der Waals surface area contributed by atoms with Gasteiger partial charge >= 0.3 is 0 Å². The summed E-state index contributed by atoms with van der Waals surface area (Å²) in [6.45, 7) is 5.07. The minimum absolute atomic E-state index is 0.555. The van der Waals surface area contributed by atoms with Gasteiger partial charge in [-0.15, -0.1) is 11.8 Å². The summed E-state index contributed by atoms with van der Waals surface area (Å²) in [5, 5.41) is 3.62. The van der Waals surface area contributed by atoms with E-state index in [0.29, 0.717) is 12.0 Å². The van der Waals surface area contributed by atoms with Gasteiger partial charge in [-0.2, -0.15) is 0 Å². The van der Waals surface area contributed by atoms with Crippen LogP contribution in [0.25, 0.3) is 0 Å². The van der Waals surface area contributed by atoms with Gasteiger partial charge in [-0.3, -0.25) is 0 Å². The van der Waals surface area contributed by atoms with Crippen molar-refractivity contribution < 1.29 is 4.74 Å². The number of nitrogens with one attached hydrogen (secondary N) is 1. The van der Waals surface area contributed by atoms with E-state index in [-0.39, 0.29) is 0 Å². The van der Waals surface area contributed by atoms with Crippen LogP contribution in [0.1, 0.15) is 19.8 Å². The Balaban J connectivity index is 1.87. The lowest BCUT2D eigenvalue weighted by Gasteiger charge is -2.30. The van der Waals surface area contributed by atoms with Gasteiger partial charge in [0, 0.05) is 27.8 Å². The molecule has 0 saturated carbocycles. The maximum atomic E-state index is 5.62. The zero-order valence-electron chi connectivity index (χ0n) is 11.4. The number of thioether (sulfide) groups is 1. The Morgan fingerprint density at radius 1 is 1.42 bits per heavy atom. The van der Waals surface area contributed by atoms with E-state index in [1.165, 1.54) is 17.7 Å². The van der Waals surface area contributed by atoms with Crippen molar-refractivity contribution in [3.8, 4) is 0 Å². The molecule has 106 valence electrons. The highest BCUT2D eigenvalue weighted by Gasteiger charge is 2.23. The number of benzene rings is 1. The summed E-state index contributed by atoms with van der Waals surface area (Å²) in [5.74, 6) is 1.78. The largest absolute Gasteiger partial charge is 0.381 e. The molecule has 1 heterocycles. The molecule has 0 radical (unpaired) electrons. The topological polar surface area (TPSA) is 21.3 Å². The van der Waals surface area contributed by atoms with Crippen molar-refractivity contribution in [2.24, 2.45) is 5.92 Å². The van der Waals surface area contributed by atoms with Crippen molar-refractivity contribution in [2.45, 2.75) is 30.7 Å². The van der Waals surface area contributed by atoms with Crippen LogP contribution in [0.4, 0.5) is 0 Å². The van der Waals surface area contributed by atoms with Crippen molar-refractivity contribution in [3.63, 3.8) is 0 Å². The van der Waals surface area contributed by atoms with E-state index in [4.69, 9.17) is 4.74 Å². The minimum Gasteiger partial charge on any atom is -0.381 e. The fourth-order valence-electron chi connectivity index (χ4n) is 2.42. The summed E-state index contributed by atoms with van der Waals surface area (Å²) in [4.78, 5) is 1.34. The normalized spacial score (nSPS) is 21.3. The van der Waals surface area contributed by atoms with E-state index in [1.54, 1.807) is 0 Å². The van der Waals surface area contributed by atoms with Crippen LogP contribution in [0.2, 0.25) is 0 Å². The lowest BCUT2D eigenvalue weighted by molar-refractivity contribution is 0.0429. The van der Waals surface area contributed by atoms with Crippen molar-refractivity contribution in [1.82, 2.24) is 5.32 Å². The summed E-state index contributed by atoms with van der Waals surface area (Å²) in [5.41, 5.74) is 0. The van der Waals surface area contributed by atoms with Crippen molar-refractivity contribution >= 4 is 27.7 Å². The first-order chi connectivity index (χ1) is 9.29. The molecule has 1 fully saturated rings. The smallest absolute Gasteiger partial charge is 0.0509 e. The molecule has 1 aromatic rings. The molecule has 0 bridgehead atoms. The van der Waals surface area contributed by atoms with Crippen LogP contribution in [0.5, 0.6) is 0 Å². The standard InChI is InChI=1S/C15H22BrNOS/c1-2-17-15(12-4-3-9-18-10-12)11-19-14-7-5-13(16)6-8-14/h5-8,12,15,17H,2-4,9-11H2,1H3. The van der Waals surface area contributed by atoms with Crippen LogP contribution in [0, 0.1) is 5.92 Å². The predicted octanol–water partition coefficient (Wildman–Crippen LogP) is 3.95. The number of hydrogen-bond acceptors (Lipinski definition) is 3. The summed E-state index contributed by atoms with van der Waals surface area (Å²) in [7, 11) is 0. The third-order valence-electron chi connectivity index (χ3n) is 3.47. The number of ether oxygens (including phenoxy) is 1. The third kappa shape index (κ3) is 5.10. The highest BCUT2D eigenvalue weighted by molar-refractivity contribution is 9.10. The SMILES string of the molecule is CCNC(CSc1ccc(Br)cc1)C1CCCOC1. The molecule has 2 nitrogen and oxygen atoms in total. The van der Waals surface area contributed by atoms with Gasteiger partial charge in [0.25, 0.3) is 0 Å². The number of halogens is 1. The maximum Gasteiger partial charge on any atom is 0.0509 e. The molecule has 1 aliphatic heterocycles. The Hall–Kier alpha value is -0.0300. The monoisotopic (exact) mass is 343 g/mol. The number of rotatable bonds is 6. The summed E-state index contributed by atoms with van der Waals surface area (Å²) >= 11 is 5.41. The highest BCUT2D eigenvalue weighted by atomic mass is 79.9. The summed E-state index contributed by atoms with van der Waals surface area (Å²) in [6, 6.07) is 9.12. The van der Waals surface area contributed by atoms with Crippen LogP contribution in [-0.4, -0.2) is 31.6 Å². The van der Waals surface area contributed by atoms with Gasteiger partial charge in [-0.25, -0.2) is 0 Å². The Kier molecular flexibility index (Phi) is 6.71. The third-order valence-corrected chi connectivity index (χ3v) is 5.13. The molecular formula is C15H22BrNOS. The first-order valence-electron chi connectivity index (χ1n) is 6.99. The predicted molar refractivity (Wildman–Crippen MR) is 85.9 cm³/mol. The van der Waals surface area contributed by atoms with Crippen LogP contribution in [-0.2, 0) is 4.74 Å². The van der Waals surface area contributed by atoms with Crippen LogP contribution < -0.4 is 5.32 Å². The molecule has 0 aromatic heterocycles. The van der Waals surface area contributed by atoms with E-state index >= 15 is 0 Å². The van der Waals surface area contributed by atoms with E-state index in [0.717, 1.165) is 30.0 Å². The minimum atomic E-state index is 0.555. The van der Waals surface area contributed by atoms with E-state index < -0.39 is 0 Å². The lowest BCUT2D eigenvalue weighted by atomic mass is 9.95. The van der Waals surface area contributed by atoms with Gasteiger partial charge in [0.2, 0.25) is 0 Å². The van der Waals surface area contributed by atoms with Crippen LogP contribution >= 0.6 is 27.7 Å². The average molecular weight is 344 g/mol. The molecule has 1 saturated heterocycles. The lowest BCUT2D eigenvalue weighted by Crippen LogP contribution is -2.41. The maximum absolute atomic E-state index is 5.62. The second-order valence-electron chi connectivity index (χ2n) is 4.91. The molecule has 4 heteroatoms. The summed E-state index contributed by atoms with van der Waals surface area (Å²) < 4.78 is 6.76. The van der Waals surface area contributed by atoms with Gasteiger partial charge < -0.3 is 10.1 Å². The van der Waals surface area contributed by atoms with E-state index in [2.05, 4.69) is 52.4 Å². The van der Waals surface area contributed by atoms with Crippen molar-refractivity contribution in [1.29, 1.82) is 0 Å². The number of hydrogen-bond donors (Lipinski definition) is 1. The quantitative estimate of drug-likeness (QED) is 0.790. The fourth-order valence-corrected chi connectivity index (χ4v) is 3.78. The first-order valence-corrected chi connectivity index (χ1v) is 8.77. The zero-order valence-corrected chi connectivity index (χ0v) is 13.8.